The molecule has 40 heavy (non-hydrogen) atoms. The van der Waals surface area contributed by atoms with Crippen LogP contribution in [0.3, 0.4) is 0 Å². The molecular weight excluding hydrogens is 496 g/mol. The van der Waals surface area contributed by atoms with Gasteiger partial charge >= 0.3 is 0 Å². The summed E-state index contributed by atoms with van der Waals surface area (Å²) in [6.07, 6.45) is 9.38. The molecule has 4 aromatic carbocycles. The average molecular weight is 525 g/mol. The zero-order valence-electron chi connectivity index (χ0n) is 22.4. The molecule has 2 heterocycles. The number of ether oxygens (including phenoxy) is 2. The van der Waals surface area contributed by atoms with Crippen molar-refractivity contribution < 1.29 is 9.47 Å². The van der Waals surface area contributed by atoms with Gasteiger partial charge in [0.05, 0.1) is 37.0 Å². The number of allylic oxidation sites excluding steroid dienone is 2. The summed E-state index contributed by atoms with van der Waals surface area (Å²) < 4.78 is 11.2. The summed E-state index contributed by atoms with van der Waals surface area (Å²) in [4.78, 5) is 9.00. The predicted molar refractivity (Wildman–Crippen MR) is 162 cm³/mol. The van der Waals surface area contributed by atoms with E-state index < -0.39 is 0 Å². The van der Waals surface area contributed by atoms with Crippen LogP contribution in [0.1, 0.15) is 24.0 Å². The second-order valence-electron chi connectivity index (χ2n) is 9.46. The summed E-state index contributed by atoms with van der Waals surface area (Å²) >= 11 is 0. The van der Waals surface area contributed by atoms with Crippen molar-refractivity contribution in [3.8, 4) is 33.8 Å². The van der Waals surface area contributed by atoms with Gasteiger partial charge < -0.3 is 9.47 Å². The maximum Gasteiger partial charge on any atom is 0.127 e. The quantitative estimate of drug-likeness (QED) is 0.216. The van der Waals surface area contributed by atoms with Crippen LogP contribution in [0.25, 0.3) is 22.3 Å². The van der Waals surface area contributed by atoms with Crippen LogP contribution < -0.4 is 9.47 Å². The van der Waals surface area contributed by atoms with E-state index in [0.29, 0.717) is 0 Å². The lowest BCUT2D eigenvalue weighted by Gasteiger charge is -2.11. The molecule has 0 saturated carbocycles. The van der Waals surface area contributed by atoms with Gasteiger partial charge in [0.2, 0.25) is 0 Å². The SMILES string of the molecule is COc1ccc(-c2cccc(N=Nc3cccc(-c4ccc(OC)c(C5=NC=CC5)c4)c3)c2)cc1C1=NC=CC1. The van der Waals surface area contributed by atoms with E-state index >= 15 is 0 Å². The summed E-state index contributed by atoms with van der Waals surface area (Å²) in [5, 5.41) is 9.12. The third-order valence-electron chi connectivity index (χ3n) is 6.95. The van der Waals surface area contributed by atoms with Gasteiger partial charge in [-0.15, -0.1) is 0 Å². The number of hydrogen-bond acceptors (Lipinski definition) is 6. The molecule has 0 atom stereocenters. The van der Waals surface area contributed by atoms with E-state index in [1.54, 1.807) is 14.2 Å². The topological polar surface area (TPSA) is 67.9 Å². The molecule has 4 aromatic rings. The summed E-state index contributed by atoms with van der Waals surface area (Å²) in [6.45, 7) is 0. The molecule has 0 saturated heterocycles. The lowest BCUT2D eigenvalue weighted by molar-refractivity contribution is 0.414. The number of nitrogens with zero attached hydrogens (tertiary/aromatic N) is 4. The van der Waals surface area contributed by atoms with Crippen molar-refractivity contribution >= 4 is 22.8 Å². The minimum absolute atomic E-state index is 0.777. The second-order valence-corrected chi connectivity index (χ2v) is 9.46. The number of benzene rings is 4. The highest BCUT2D eigenvalue weighted by Crippen LogP contribution is 2.33. The Hall–Kier alpha value is -5.10. The Morgan fingerprint density at radius 1 is 0.550 bits per heavy atom. The molecule has 196 valence electrons. The van der Waals surface area contributed by atoms with Gasteiger partial charge in [0.1, 0.15) is 11.5 Å². The first-order valence-electron chi connectivity index (χ1n) is 13.1. The van der Waals surface area contributed by atoms with Gasteiger partial charge in [0.25, 0.3) is 0 Å². The van der Waals surface area contributed by atoms with Crippen LogP contribution in [0.15, 0.2) is 130 Å². The summed E-state index contributed by atoms with van der Waals surface area (Å²) in [7, 11) is 3.37. The monoisotopic (exact) mass is 524 g/mol. The Labute approximate surface area is 233 Å². The second kappa shape index (κ2) is 11.3. The van der Waals surface area contributed by atoms with Crippen molar-refractivity contribution in [3.05, 3.63) is 121 Å². The Morgan fingerprint density at radius 2 is 1.00 bits per heavy atom. The lowest BCUT2D eigenvalue weighted by Crippen LogP contribution is -2.01. The third kappa shape index (κ3) is 5.24. The largest absolute Gasteiger partial charge is 0.496 e. The molecule has 6 nitrogen and oxygen atoms in total. The standard InChI is InChI=1S/C34H28N4O2/c1-39-33-15-13-25(21-29(33)31-11-5-17-35-31)23-7-3-9-27(19-23)37-38-28-10-4-8-24(20-28)26-14-16-34(40-2)30(22-26)32-12-6-18-36-32/h3-10,13-22H,11-12H2,1-2H3. The first-order valence-corrected chi connectivity index (χ1v) is 13.1. The number of rotatable bonds is 8. The van der Waals surface area contributed by atoms with Gasteiger partial charge in [0.15, 0.2) is 0 Å². The fraction of sp³-hybridized carbons (Fsp3) is 0.118. The molecule has 0 radical (unpaired) electrons. The smallest absolute Gasteiger partial charge is 0.127 e. The van der Waals surface area contributed by atoms with E-state index in [9.17, 15) is 0 Å². The van der Waals surface area contributed by atoms with Gasteiger partial charge in [-0.2, -0.15) is 10.2 Å². The normalized spacial score (nSPS) is 14.1. The van der Waals surface area contributed by atoms with Crippen LogP contribution in [0, 0.1) is 0 Å². The number of methoxy groups -OCH3 is 2. The van der Waals surface area contributed by atoms with Crippen molar-refractivity contribution in [1.29, 1.82) is 0 Å². The molecule has 0 fully saturated rings. The van der Waals surface area contributed by atoms with Crippen LogP contribution >= 0.6 is 0 Å². The van der Waals surface area contributed by atoms with E-state index in [4.69, 9.17) is 9.47 Å². The number of aliphatic imine (C=N–C) groups is 2. The zero-order chi connectivity index (χ0) is 27.3. The van der Waals surface area contributed by atoms with E-state index in [0.717, 1.165) is 80.5 Å². The van der Waals surface area contributed by atoms with Gasteiger partial charge in [-0.05, 0) is 70.8 Å². The van der Waals surface area contributed by atoms with E-state index in [-0.39, 0.29) is 0 Å². The molecule has 0 aliphatic carbocycles. The van der Waals surface area contributed by atoms with Gasteiger partial charge in [-0.3, -0.25) is 9.98 Å². The molecule has 6 rings (SSSR count). The van der Waals surface area contributed by atoms with Crippen molar-refractivity contribution in [1.82, 2.24) is 0 Å². The third-order valence-corrected chi connectivity index (χ3v) is 6.95. The zero-order valence-corrected chi connectivity index (χ0v) is 22.4. The molecular formula is C34H28N4O2. The van der Waals surface area contributed by atoms with E-state index in [1.807, 2.05) is 73.1 Å². The summed E-state index contributed by atoms with van der Waals surface area (Å²) in [6, 6.07) is 28.5. The Balaban J connectivity index is 1.26. The molecule has 2 aliphatic rings. The number of hydrogen-bond donors (Lipinski definition) is 0. The maximum atomic E-state index is 5.59. The molecule has 0 unspecified atom stereocenters. The van der Waals surface area contributed by atoms with Crippen LogP contribution in [-0.2, 0) is 0 Å². The van der Waals surface area contributed by atoms with E-state index in [2.05, 4.69) is 56.6 Å². The molecule has 0 aromatic heterocycles. The van der Waals surface area contributed by atoms with Crippen molar-refractivity contribution in [3.63, 3.8) is 0 Å². The Morgan fingerprint density at radius 3 is 1.40 bits per heavy atom. The fourth-order valence-corrected chi connectivity index (χ4v) is 4.92. The molecule has 0 amide bonds. The minimum Gasteiger partial charge on any atom is -0.496 e. The van der Waals surface area contributed by atoms with Gasteiger partial charge in [-0.25, -0.2) is 0 Å². The summed E-state index contributed by atoms with van der Waals surface area (Å²) in [5.41, 5.74) is 9.82. The summed E-state index contributed by atoms with van der Waals surface area (Å²) in [5.74, 6) is 1.64. The van der Waals surface area contributed by atoms with Crippen LogP contribution in [-0.4, -0.2) is 25.6 Å². The van der Waals surface area contributed by atoms with Crippen molar-refractivity contribution in [2.24, 2.45) is 20.2 Å². The number of azo groups is 1. The van der Waals surface area contributed by atoms with Crippen LogP contribution in [0.4, 0.5) is 11.4 Å². The minimum atomic E-state index is 0.777. The van der Waals surface area contributed by atoms with Gasteiger partial charge in [-0.1, -0.05) is 48.6 Å². The van der Waals surface area contributed by atoms with Crippen molar-refractivity contribution in [2.75, 3.05) is 14.2 Å². The molecule has 6 heteroatoms. The first-order chi connectivity index (χ1) is 19.7. The maximum absolute atomic E-state index is 5.59. The van der Waals surface area contributed by atoms with E-state index in [1.165, 1.54) is 0 Å². The Kier molecular flexibility index (Phi) is 7.14. The first kappa shape index (κ1) is 25.2. The predicted octanol–water partition coefficient (Wildman–Crippen LogP) is 8.87. The fourth-order valence-electron chi connectivity index (χ4n) is 4.92. The highest BCUT2D eigenvalue weighted by Gasteiger charge is 2.14. The highest BCUT2D eigenvalue weighted by molar-refractivity contribution is 6.06. The molecule has 0 spiro atoms. The molecule has 2 aliphatic heterocycles. The van der Waals surface area contributed by atoms with Crippen LogP contribution in [0.5, 0.6) is 11.5 Å². The average Bonchev–Trinajstić information content (AvgIpc) is 3.75. The lowest BCUT2D eigenvalue weighted by atomic mass is 9.99. The molecule has 0 bridgehead atoms. The van der Waals surface area contributed by atoms with Gasteiger partial charge in [0, 0.05) is 36.4 Å². The van der Waals surface area contributed by atoms with Crippen LogP contribution in [0.2, 0.25) is 0 Å². The highest BCUT2D eigenvalue weighted by atomic mass is 16.5. The Bertz CT molecular complexity index is 1600. The van der Waals surface area contributed by atoms with Crippen molar-refractivity contribution in [2.45, 2.75) is 12.8 Å². The molecule has 0 N–H and O–H groups in total.